The minimum absolute atomic E-state index is 0.0845. The third kappa shape index (κ3) is 4.43. The van der Waals surface area contributed by atoms with E-state index in [1.807, 2.05) is 25.0 Å². The van der Waals surface area contributed by atoms with Crippen molar-refractivity contribution in [3.05, 3.63) is 53.4 Å². The van der Waals surface area contributed by atoms with Crippen molar-refractivity contribution in [3.8, 4) is 17.2 Å². The number of benzene rings is 2. The van der Waals surface area contributed by atoms with Gasteiger partial charge in [0.2, 0.25) is 0 Å². The number of piperidine rings is 1. The van der Waals surface area contributed by atoms with Gasteiger partial charge in [0, 0.05) is 19.1 Å². The lowest BCUT2D eigenvalue weighted by molar-refractivity contribution is -0.134. The van der Waals surface area contributed by atoms with Gasteiger partial charge in [0.05, 0.1) is 13.2 Å². The van der Waals surface area contributed by atoms with Crippen molar-refractivity contribution in [2.75, 3.05) is 19.7 Å². The molecule has 0 radical (unpaired) electrons. The minimum Gasteiger partial charge on any atom is -0.481 e. The summed E-state index contributed by atoms with van der Waals surface area (Å²) in [6.45, 7) is 11.1. The molecular weight excluding hydrogens is 381 g/mol. The molecule has 2 N–H and O–H groups in total. The molecule has 4 rings (SSSR count). The molecule has 0 unspecified atom stereocenters. The summed E-state index contributed by atoms with van der Waals surface area (Å²) in [5.74, 6) is 1.39. The lowest BCUT2D eigenvalue weighted by Crippen LogP contribution is -2.44. The number of hydrogen-bond acceptors (Lipinski definition) is 5. The summed E-state index contributed by atoms with van der Waals surface area (Å²) in [5, 5.41) is 0. The predicted octanol–water partition coefficient (Wildman–Crippen LogP) is 2.72. The van der Waals surface area contributed by atoms with Crippen molar-refractivity contribution >= 4 is 24.0 Å². The normalized spacial score (nSPS) is 16.2. The Bertz CT molecular complexity index is 983. The Kier molecular flexibility index (Phi) is 5.93. The topological polar surface area (TPSA) is 78.4 Å². The highest BCUT2D eigenvalue weighted by molar-refractivity contribution is 6.67. The van der Waals surface area contributed by atoms with Gasteiger partial charge >= 0.3 is 6.92 Å². The molecule has 8 heteroatoms. The fourth-order valence-corrected chi connectivity index (χ4v) is 3.74. The molecule has 1 amide bonds. The van der Waals surface area contributed by atoms with E-state index in [0.29, 0.717) is 42.6 Å². The van der Waals surface area contributed by atoms with Crippen LogP contribution in [0.25, 0.3) is 4.85 Å². The van der Waals surface area contributed by atoms with Gasteiger partial charge in [-0.05, 0) is 48.1 Å². The Hall–Kier alpha value is -3.02. The van der Waals surface area contributed by atoms with Gasteiger partial charge in [-0.2, -0.15) is 0 Å². The Labute approximate surface area is 176 Å². The number of carbonyl (C=O) groups excluding carboxylic acids is 1. The molecule has 1 saturated heterocycles. The Morgan fingerprint density at radius 2 is 2.07 bits per heavy atom. The highest BCUT2D eigenvalue weighted by atomic mass is 16.5. The van der Waals surface area contributed by atoms with Crippen LogP contribution in [0.5, 0.6) is 17.2 Å². The first-order valence-electron chi connectivity index (χ1n) is 10.1. The van der Waals surface area contributed by atoms with Crippen LogP contribution in [0.3, 0.4) is 0 Å². The molecular formula is C22H24BN3O4. The van der Waals surface area contributed by atoms with Crippen LogP contribution in [0.1, 0.15) is 18.4 Å². The van der Waals surface area contributed by atoms with E-state index in [1.54, 1.807) is 23.1 Å². The molecule has 0 spiro atoms. The average Bonchev–Trinajstić information content (AvgIpc) is 3.13. The van der Waals surface area contributed by atoms with Gasteiger partial charge in [0.1, 0.15) is 5.75 Å². The lowest BCUT2D eigenvalue weighted by atomic mass is 9.64. The molecule has 0 bridgehead atoms. The molecule has 0 aliphatic carbocycles. The zero-order valence-corrected chi connectivity index (χ0v) is 17.0. The molecule has 0 saturated carbocycles. The maximum Gasteiger partial charge on any atom is 0.324 e. The van der Waals surface area contributed by atoms with Crippen LogP contribution in [0.15, 0.2) is 36.4 Å². The highest BCUT2D eigenvalue weighted by Gasteiger charge is 2.24. The van der Waals surface area contributed by atoms with Crippen LogP contribution in [-0.2, 0) is 16.1 Å². The standard InChI is InChI=1S/C22H24BN3O4/c1-23-19-5-4-18(11-15(19)13-29-23)30-20-6-3-17(25-2)12-21(20)28-14-22(27)26-9-7-16(24)8-10-26/h3-6,11-12,16H,7-10,13-14,24H2,1H3. The van der Waals surface area contributed by atoms with E-state index < -0.39 is 0 Å². The van der Waals surface area contributed by atoms with Crippen molar-refractivity contribution in [1.29, 1.82) is 0 Å². The van der Waals surface area contributed by atoms with E-state index in [4.69, 9.17) is 26.4 Å². The second-order valence-corrected chi connectivity index (χ2v) is 7.67. The summed E-state index contributed by atoms with van der Waals surface area (Å²) in [6, 6.07) is 11.0. The molecule has 2 heterocycles. The van der Waals surface area contributed by atoms with E-state index >= 15 is 0 Å². The summed E-state index contributed by atoms with van der Waals surface area (Å²) >= 11 is 0. The van der Waals surface area contributed by atoms with Crippen molar-refractivity contribution in [3.63, 3.8) is 0 Å². The predicted molar refractivity (Wildman–Crippen MR) is 115 cm³/mol. The van der Waals surface area contributed by atoms with E-state index in [1.165, 1.54) is 0 Å². The van der Waals surface area contributed by atoms with Crippen LogP contribution < -0.4 is 20.7 Å². The van der Waals surface area contributed by atoms with Crippen molar-refractivity contribution in [2.24, 2.45) is 5.73 Å². The number of nitrogens with two attached hydrogens (primary N) is 1. The molecule has 7 nitrogen and oxygen atoms in total. The fraction of sp³-hybridized carbons (Fsp3) is 0.364. The van der Waals surface area contributed by atoms with Gasteiger partial charge in [0.25, 0.3) is 5.91 Å². The van der Waals surface area contributed by atoms with Crippen LogP contribution in [0, 0.1) is 6.57 Å². The van der Waals surface area contributed by atoms with Crippen LogP contribution >= 0.6 is 0 Å². The highest BCUT2D eigenvalue weighted by Crippen LogP contribution is 2.35. The van der Waals surface area contributed by atoms with E-state index in [2.05, 4.69) is 4.85 Å². The monoisotopic (exact) mass is 405 g/mol. The molecule has 2 aliphatic heterocycles. The second kappa shape index (κ2) is 8.78. The SMILES string of the molecule is [C-]#[N+]c1ccc(Oc2ccc3c(c2)COB3C)c(OCC(=O)N2CCC(N)CC2)c1. The van der Waals surface area contributed by atoms with E-state index in [-0.39, 0.29) is 25.5 Å². The van der Waals surface area contributed by atoms with Crippen LogP contribution in [0.4, 0.5) is 5.69 Å². The number of ether oxygens (including phenoxy) is 2. The first-order chi connectivity index (χ1) is 14.5. The Morgan fingerprint density at radius 3 is 2.83 bits per heavy atom. The number of nitrogens with zero attached hydrogens (tertiary/aromatic N) is 2. The van der Waals surface area contributed by atoms with Crippen molar-refractivity contribution in [2.45, 2.75) is 32.3 Å². The smallest absolute Gasteiger partial charge is 0.324 e. The Balaban J connectivity index is 1.47. The maximum atomic E-state index is 12.5. The fourth-order valence-electron chi connectivity index (χ4n) is 3.74. The maximum absolute atomic E-state index is 12.5. The van der Waals surface area contributed by atoms with Crippen molar-refractivity contribution in [1.82, 2.24) is 4.90 Å². The van der Waals surface area contributed by atoms with E-state index in [0.717, 1.165) is 23.9 Å². The molecule has 2 aliphatic rings. The van der Waals surface area contributed by atoms with Crippen LogP contribution in [0.2, 0.25) is 6.82 Å². The number of likely N-dealkylation sites (tertiary alicyclic amines) is 1. The Morgan fingerprint density at radius 1 is 1.27 bits per heavy atom. The first kappa shape index (κ1) is 20.3. The molecule has 2 aromatic rings. The summed E-state index contributed by atoms with van der Waals surface area (Å²) in [4.78, 5) is 17.7. The number of hydrogen-bond donors (Lipinski definition) is 1. The molecule has 1 fully saturated rings. The molecule has 0 aromatic heterocycles. The van der Waals surface area contributed by atoms with E-state index in [9.17, 15) is 4.79 Å². The molecule has 0 atom stereocenters. The number of amides is 1. The molecule has 2 aromatic carbocycles. The van der Waals surface area contributed by atoms with Gasteiger partial charge in [-0.1, -0.05) is 19.0 Å². The van der Waals surface area contributed by atoms with Gasteiger partial charge in [-0.25, -0.2) is 4.85 Å². The molecule has 154 valence electrons. The summed E-state index contributed by atoms with van der Waals surface area (Å²) in [5.41, 5.74) is 8.59. The van der Waals surface area contributed by atoms with Gasteiger partial charge in [-0.15, -0.1) is 0 Å². The zero-order valence-electron chi connectivity index (χ0n) is 17.0. The molecule has 30 heavy (non-hydrogen) atoms. The summed E-state index contributed by atoms with van der Waals surface area (Å²) in [7, 11) is 0. The zero-order chi connectivity index (χ0) is 21.1. The summed E-state index contributed by atoms with van der Waals surface area (Å²) in [6.07, 6.45) is 1.60. The first-order valence-corrected chi connectivity index (χ1v) is 10.1. The third-order valence-corrected chi connectivity index (χ3v) is 5.57. The van der Waals surface area contributed by atoms with Gasteiger partial charge < -0.3 is 24.8 Å². The second-order valence-electron chi connectivity index (χ2n) is 7.67. The third-order valence-electron chi connectivity index (χ3n) is 5.57. The van der Waals surface area contributed by atoms with Gasteiger partial charge in [0.15, 0.2) is 23.8 Å². The number of carbonyl (C=O) groups is 1. The number of rotatable bonds is 5. The lowest BCUT2D eigenvalue weighted by Gasteiger charge is -2.30. The quantitative estimate of drug-likeness (QED) is 0.612. The largest absolute Gasteiger partial charge is 0.481 e. The number of fused-ring (bicyclic) bond motifs is 1. The van der Waals surface area contributed by atoms with Crippen molar-refractivity contribution < 1.29 is 18.9 Å². The van der Waals surface area contributed by atoms with Crippen LogP contribution in [-0.4, -0.2) is 43.5 Å². The minimum atomic E-state index is -0.109. The van der Waals surface area contributed by atoms with Gasteiger partial charge in [-0.3, -0.25) is 4.79 Å². The average molecular weight is 405 g/mol. The summed E-state index contributed by atoms with van der Waals surface area (Å²) < 4.78 is 17.5.